The van der Waals surface area contributed by atoms with Crippen molar-refractivity contribution in [1.82, 2.24) is 4.90 Å². The monoisotopic (exact) mass is 297 g/mol. The van der Waals surface area contributed by atoms with Crippen LogP contribution in [-0.2, 0) is 4.79 Å². The highest BCUT2D eigenvalue weighted by Gasteiger charge is 2.19. The van der Waals surface area contributed by atoms with Crippen LogP contribution in [0.15, 0.2) is 9.52 Å². The van der Waals surface area contributed by atoms with E-state index in [9.17, 15) is 4.79 Å². The van der Waals surface area contributed by atoms with Crippen molar-refractivity contribution in [2.45, 2.75) is 11.8 Å². The molecular formula is C7H8Cl5NO. The second-order valence-corrected chi connectivity index (χ2v) is 4.82. The lowest BCUT2D eigenvalue weighted by Crippen LogP contribution is -2.35. The molecular weight excluding hydrogens is 291 g/mol. The smallest absolute Gasteiger partial charge is 0.256 e. The molecule has 0 fully saturated rings. The first-order valence-corrected chi connectivity index (χ1v) is 5.67. The SMILES string of the molecule is CCN(CC(Cl)=C(Cl)Cl)C(=O)C(Cl)Cl. The van der Waals surface area contributed by atoms with E-state index >= 15 is 0 Å². The van der Waals surface area contributed by atoms with Gasteiger partial charge in [0.2, 0.25) is 0 Å². The van der Waals surface area contributed by atoms with Crippen LogP contribution in [0.3, 0.4) is 0 Å². The lowest BCUT2D eigenvalue weighted by molar-refractivity contribution is -0.128. The highest BCUT2D eigenvalue weighted by atomic mass is 35.5. The van der Waals surface area contributed by atoms with Gasteiger partial charge in [-0.3, -0.25) is 4.79 Å². The van der Waals surface area contributed by atoms with E-state index in [1.54, 1.807) is 6.92 Å². The van der Waals surface area contributed by atoms with Gasteiger partial charge in [0.15, 0.2) is 4.84 Å². The van der Waals surface area contributed by atoms with Gasteiger partial charge in [0, 0.05) is 6.54 Å². The number of nitrogens with zero attached hydrogens (tertiary/aromatic N) is 1. The number of amides is 1. The summed E-state index contributed by atoms with van der Waals surface area (Å²) in [7, 11) is 0. The molecule has 1 amide bonds. The number of halogens is 5. The Morgan fingerprint density at radius 3 is 2.07 bits per heavy atom. The van der Waals surface area contributed by atoms with Crippen LogP contribution in [0.1, 0.15) is 6.92 Å². The van der Waals surface area contributed by atoms with Crippen molar-refractivity contribution in [2.24, 2.45) is 0 Å². The fraction of sp³-hybridized carbons (Fsp3) is 0.571. The molecule has 0 aromatic rings. The summed E-state index contributed by atoms with van der Waals surface area (Å²) in [5.74, 6) is -0.427. The van der Waals surface area contributed by atoms with Gasteiger partial charge >= 0.3 is 0 Å². The van der Waals surface area contributed by atoms with Crippen LogP contribution in [0.25, 0.3) is 0 Å². The van der Waals surface area contributed by atoms with Crippen LogP contribution in [0, 0.1) is 0 Å². The molecule has 7 heteroatoms. The van der Waals surface area contributed by atoms with E-state index < -0.39 is 10.7 Å². The van der Waals surface area contributed by atoms with Crippen LogP contribution in [0.4, 0.5) is 0 Å². The molecule has 0 aromatic heterocycles. The molecule has 0 aromatic carbocycles. The molecule has 0 aliphatic heterocycles. The number of carbonyl (C=O) groups is 1. The van der Waals surface area contributed by atoms with Crippen molar-refractivity contribution in [1.29, 1.82) is 0 Å². The van der Waals surface area contributed by atoms with Gasteiger partial charge in [-0.05, 0) is 6.92 Å². The Kier molecular flexibility index (Phi) is 7.35. The van der Waals surface area contributed by atoms with Gasteiger partial charge in [0.1, 0.15) is 4.49 Å². The molecule has 0 aliphatic carbocycles. The van der Waals surface area contributed by atoms with Crippen molar-refractivity contribution >= 4 is 63.9 Å². The van der Waals surface area contributed by atoms with E-state index in [1.807, 2.05) is 0 Å². The Morgan fingerprint density at radius 1 is 1.29 bits per heavy atom. The third-order valence-corrected chi connectivity index (χ3v) is 2.75. The fourth-order valence-electron chi connectivity index (χ4n) is 0.711. The molecule has 82 valence electrons. The summed E-state index contributed by atoms with van der Waals surface area (Å²) in [6.45, 7) is 2.29. The number of hydrogen-bond acceptors (Lipinski definition) is 1. The number of alkyl halides is 2. The highest BCUT2D eigenvalue weighted by Crippen LogP contribution is 2.19. The quantitative estimate of drug-likeness (QED) is 0.727. The van der Waals surface area contributed by atoms with Crippen molar-refractivity contribution in [3.8, 4) is 0 Å². The average molecular weight is 299 g/mol. The highest BCUT2D eigenvalue weighted by molar-refractivity contribution is 6.59. The third-order valence-electron chi connectivity index (χ3n) is 1.41. The zero-order valence-electron chi connectivity index (χ0n) is 7.24. The summed E-state index contributed by atoms with van der Waals surface area (Å²) in [5.41, 5.74) is 0. The Balaban J connectivity index is 4.46. The Labute approximate surface area is 108 Å². The standard InChI is InChI=1S/C7H8Cl5NO/c1-2-13(7(14)6(11)12)3-4(8)5(9)10/h6H,2-3H2,1H3. The summed E-state index contributed by atoms with van der Waals surface area (Å²) in [4.78, 5) is 11.6. The molecule has 0 N–H and O–H groups in total. The average Bonchev–Trinajstić information content (AvgIpc) is 2.12. The van der Waals surface area contributed by atoms with Gasteiger partial charge in [-0.2, -0.15) is 0 Å². The minimum Gasteiger partial charge on any atom is -0.335 e. The normalized spacial score (nSPS) is 10.2. The number of likely N-dealkylation sites (N-methyl/N-ethyl adjacent to an activating group) is 1. The third kappa shape index (κ3) is 4.94. The maximum absolute atomic E-state index is 11.3. The van der Waals surface area contributed by atoms with Gasteiger partial charge in [0.25, 0.3) is 5.91 Å². The van der Waals surface area contributed by atoms with Crippen molar-refractivity contribution in [3.05, 3.63) is 9.52 Å². The molecule has 0 bridgehead atoms. The summed E-state index contributed by atoms with van der Waals surface area (Å²) in [5, 5.41) is 0.178. The number of hydrogen-bond donors (Lipinski definition) is 0. The lowest BCUT2D eigenvalue weighted by atomic mass is 10.4. The molecule has 0 heterocycles. The Morgan fingerprint density at radius 2 is 1.79 bits per heavy atom. The van der Waals surface area contributed by atoms with Crippen LogP contribution in [0.5, 0.6) is 0 Å². The summed E-state index contributed by atoms with van der Waals surface area (Å²) < 4.78 is -0.0707. The minimum absolute atomic E-state index is 0.0707. The molecule has 0 spiro atoms. The molecule has 0 saturated heterocycles. The first-order valence-electron chi connectivity index (χ1n) is 3.66. The van der Waals surface area contributed by atoms with E-state index in [0.29, 0.717) is 6.54 Å². The molecule has 2 nitrogen and oxygen atoms in total. The fourth-order valence-corrected chi connectivity index (χ4v) is 1.25. The van der Waals surface area contributed by atoms with Crippen LogP contribution >= 0.6 is 58.0 Å². The van der Waals surface area contributed by atoms with Gasteiger partial charge < -0.3 is 4.90 Å². The van der Waals surface area contributed by atoms with Crippen LogP contribution in [0.2, 0.25) is 0 Å². The molecule has 0 saturated carbocycles. The molecule has 0 aliphatic rings. The first-order chi connectivity index (χ1) is 6.40. The maximum Gasteiger partial charge on any atom is 0.256 e. The second kappa shape index (κ2) is 7.02. The van der Waals surface area contributed by atoms with E-state index in [1.165, 1.54) is 4.90 Å². The van der Waals surface area contributed by atoms with Crippen molar-refractivity contribution < 1.29 is 4.79 Å². The van der Waals surface area contributed by atoms with Crippen LogP contribution in [-0.4, -0.2) is 28.7 Å². The second-order valence-electron chi connectivity index (χ2n) is 2.32. The lowest BCUT2D eigenvalue weighted by Gasteiger charge is -2.20. The maximum atomic E-state index is 11.3. The minimum atomic E-state index is -1.10. The van der Waals surface area contributed by atoms with Crippen molar-refractivity contribution in [3.63, 3.8) is 0 Å². The van der Waals surface area contributed by atoms with Gasteiger partial charge in [-0.15, -0.1) is 0 Å². The number of carbonyl (C=O) groups excluding carboxylic acids is 1. The topological polar surface area (TPSA) is 20.3 Å². The molecule has 14 heavy (non-hydrogen) atoms. The van der Waals surface area contributed by atoms with Gasteiger partial charge in [-0.25, -0.2) is 0 Å². The zero-order chi connectivity index (χ0) is 11.3. The Bertz CT molecular complexity index is 236. The largest absolute Gasteiger partial charge is 0.335 e. The molecule has 0 atom stereocenters. The molecule has 0 radical (unpaired) electrons. The summed E-state index contributed by atoms with van der Waals surface area (Å²) in [6.07, 6.45) is 0. The molecule has 0 rings (SSSR count). The summed E-state index contributed by atoms with van der Waals surface area (Å²) in [6, 6.07) is 0. The Hall–Kier alpha value is 0.660. The van der Waals surface area contributed by atoms with E-state index in [4.69, 9.17) is 58.0 Å². The zero-order valence-corrected chi connectivity index (χ0v) is 11.0. The predicted molar refractivity (Wildman–Crippen MR) is 62.3 cm³/mol. The van der Waals surface area contributed by atoms with Crippen molar-refractivity contribution in [2.75, 3.05) is 13.1 Å². The molecule has 0 unspecified atom stereocenters. The van der Waals surface area contributed by atoms with Gasteiger partial charge in [-0.1, -0.05) is 58.0 Å². The predicted octanol–water partition coefficient (Wildman–Crippen LogP) is 3.52. The van der Waals surface area contributed by atoms with E-state index in [-0.39, 0.29) is 16.1 Å². The van der Waals surface area contributed by atoms with Gasteiger partial charge in [0.05, 0.1) is 11.6 Å². The van der Waals surface area contributed by atoms with Crippen LogP contribution < -0.4 is 0 Å². The first kappa shape index (κ1) is 14.7. The van der Waals surface area contributed by atoms with E-state index in [2.05, 4.69) is 0 Å². The van der Waals surface area contributed by atoms with E-state index in [0.717, 1.165) is 0 Å². The summed E-state index contributed by atoms with van der Waals surface area (Å²) >= 11 is 27.3. The number of rotatable bonds is 4.